The summed E-state index contributed by atoms with van der Waals surface area (Å²) in [7, 11) is 0. The third-order valence-corrected chi connectivity index (χ3v) is 3.37. The fraction of sp³-hybridized carbons (Fsp3) is 1.00. The van der Waals surface area contributed by atoms with Crippen molar-refractivity contribution in [1.29, 1.82) is 0 Å². The van der Waals surface area contributed by atoms with Crippen LogP contribution in [0.1, 0.15) is 26.7 Å². The van der Waals surface area contributed by atoms with Crippen LogP contribution in [0.2, 0.25) is 0 Å². The Labute approximate surface area is 68.0 Å². The van der Waals surface area contributed by atoms with E-state index in [9.17, 15) is 0 Å². The Hall–Kier alpha value is 0.310. The molecule has 0 atom stereocenters. The van der Waals surface area contributed by atoms with Crippen molar-refractivity contribution in [2.24, 2.45) is 0 Å². The highest BCUT2D eigenvalue weighted by Crippen LogP contribution is 2.18. The molecule has 1 heterocycles. The van der Waals surface area contributed by atoms with Crippen LogP contribution >= 0.6 is 11.8 Å². The summed E-state index contributed by atoms with van der Waals surface area (Å²) in [6.07, 6.45) is 2.55. The quantitative estimate of drug-likeness (QED) is 0.672. The van der Waals surface area contributed by atoms with Crippen LogP contribution in [-0.2, 0) is 0 Å². The highest BCUT2D eigenvalue weighted by Gasteiger charge is 2.19. The van der Waals surface area contributed by atoms with E-state index < -0.39 is 0 Å². The summed E-state index contributed by atoms with van der Waals surface area (Å²) in [4.78, 5) is 0. The first kappa shape index (κ1) is 8.41. The van der Waals surface area contributed by atoms with Crippen LogP contribution in [-0.4, -0.2) is 23.6 Å². The molecule has 0 radical (unpaired) electrons. The molecule has 2 heteroatoms. The maximum Gasteiger partial charge on any atom is 0.0251 e. The summed E-state index contributed by atoms with van der Waals surface area (Å²) < 4.78 is 0. The largest absolute Gasteiger partial charge is 0.310 e. The van der Waals surface area contributed by atoms with Crippen LogP contribution in [0.5, 0.6) is 0 Å². The van der Waals surface area contributed by atoms with Crippen molar-refractivity contribution in [2.75, 3.05) is 11.5 Å². The highest BCUT2D eigenvalue weighted by molar-refractivity contribution is 8.00. The molecule has 1 N–H and O–H groups in total. The topological polar surface area (TPSA) is 12.0 Å². The number of nitrogens with one attached hydrogen (secondary N) is 1. The minimum Gasteiger partial charge on any atom is -0.310 e. The molecule has 0 aromatic rings. The van der Waals surface area contributed by atoms with Gasteiger partial charge in [0.1, 0.15) is 0 Å². The van der Waals surface area contributed by atoms with Crippen LogP contribution < -0.4 is 5.32 Å². The van der Waals surface area contributed by atoms with E-state index in [2.05, 4.69) is 19.2 Å². The molecule has 0 amide bonds. The second-order valence-corrected chi connectivity index (χ2v) is 3.99. The molecule has 0 aromatic heterocycles. The molecule has 1 saturated heterocycles. The molecular weight excluding hydrogens is 142 g/mol. The molecule has 1 rings (SSSR count). The molecule has 0 aliphatic carbocycles. The first-order valence-electron chi connectivity index (χ1n) is 4.20. The van der Waals surface area contributed by atoms with Crippen molar-refractivity contribution < 1.29 is 0 Å². The third-order valence-electron chi connectivity index (χ3n) is 2.10. The van der Waals surface area contributed by atoms with Gasteiger partial charge in [-0.1, -0.05) is 13.8 Å². The van der Waals surface area contributed by atoms with E-state index in [1.165, 1.54) is 24.3 Å². The van der Waals surface area contributed by atoms with Gasteiger partial charge in [0.15, 0.2) is 0 Å². The SMILES string of the molecule is CCC(CC)NC1CSC1. The summed E-state index contributed by atoms with van der Waals surface area (Å²) >= 11 is 2.05. The molecule has 0 unspecified atom stereocenters. The number of thioether (sulfide) groups is 1. The van der Waals surface area contributed by atoms with Crippen LogP contribution in [0.3, 0.4) is 0 Å². The lowest BCUT2D eigenvalue weighted by atomic mass is 10.1. The predicted molar refractivity (Wildman–Crippen MR) is 48.6 cm³/mol. The lowest BCUT2D eigenvalue weighted by molar-refractivity contribution is 0.439. The Morgan fingerprint density at radius 3 is 2.30 bits per heavy atom. The molecule has 0 saturated carbocycles. The Kier molecular flexibility index (Phi) is 3.57. The summed E-state index contributed by atoms with van der Waals surface area (Å²) in [6, 6.07) is 1.60. The lowest BCUT2D eigenvalue weighted by Crippen LogP contribution is -2.45. The molecule has 1 fully saturated rings. The predicted octanol–water partition coefficient (Wildman–Crippen LogP) is 1.88. The Morgan fingerprint density at radius 2 is 2.00 bits per heavy atom. The Balaban J connectivity index is 2.08. The van der Waals surface area contributed by atoms with Gasteiger partial charge in [-0.05, 0) is 12.8 Å². The summed E-state index contributed by atoms with van der Waals surface area (Å²) in [5.74, 6) is 2.66. The molecule has 0 bridgehead atoms. The van der Waals surface area contributed by atoms with Gasteiger partial charge < -0.3 is 5.32 Å². The van der Waals surface area contributed by atoms with Crippen molar-refractivity contribution >= 4 is 11.8 Å². The van der Waals surface area contributed by atoms with Crippen molar-refractivity contribution in [3.8, 4) is 0 Å². The van der Waals surface area contributed by atoms with Crippen LogP contribution in [0, 0.1) is 0 Å². The zero-order chi connectivity index (χ0) is 7.40. The van der Waals surface area contributed by atoms with Gasteiger partial charge >= 0.3 is 0 Å². The van der Waals surface area contributed by atoms with Gasteiger partial charge in [0.05, 0.1) is 0 Å². The zero-order valence-corrected chi connectivity index (χ0v) is 7.71. The first-order valence-corrected chi connectivity index (χ1v) is 5.36. The van der Waals surface area contributed by atoms with Crippen molar-refractivity contribution in [2.45, 2.75) is 38.8 Å². The zero-order valence-electron chi connectivity index (χ0n) is 6.89. The van der Waals surface area contributed by atoms with Crippen molar-refractivity contribution in [1.82, 2.24) is 5.32 Å². The van der Waals surface area contributed by atoms with Gasteiger partial charge in [0.25, 0.3) is 0 Å². The average molecular weight is 159 g/mol. The van der Waals surface area contributed by atoms with E-state index in [0.29, 0.717) is 0 Å². The fourth-order valence-corrected chi connectivity index (χ4v) is 1.85. The number of hydrogen-bond acceptors (Lipinski definition) is 2. The third kappa shape index (κ3) is 2.17. The van der Waals surface area contributed by atoms with Gasteiger partial charge in [-0.3, -0.25) is 0 Å². The van der Waals surface area contributed by atoms with E-state index in [-0.39, 0.29) is 0 Å². The summed E-state index contributed by atoms with van der Waals surface area (Å²) in [5.41, 5.74) is 0. The maximum atomic E-state index is 3.63. The molecule has 10 heavy (non-hydrogen) atoms. The minimum absolute atomic E-state index is 0.769. The summed E-state index contributed by atoms with van der Waals surface area (Å²) in [6.45, 7) is 4.51. The van der Waals surface area contributed by atoms with Gasteiger partial charge in [0.2, 0.25) is 0 Å². The van der Waals surface area contributed by atoms with E-state index in [1.54, 1.807) is 0 Å². The normalized spacial score (nSPS) is 19.5. The van der Waals surface area contributed by atoms with Crippen LogP contribution in [0.15, 0.2) is 0 Å². The molecule has 1 nitrogen and oxygen atoms in total. The number of hydrogen-bond donors (Lipinski definition) is 1. The fourth-order valence-electron chi connectivity index (χ4n) is 1.19. The van der Waals surface area contributed by atoms with E-state index in [0.717, 1.165) is 12.1 Å². The van der Waals surface area contributed by atoms with E-state index in [4.69, 9.17) is 0 Å². The van der Waals surface area contributed by atoms with Gasteiger partial charge in [-0.2, -0.15) is 11.8 Å². The average Bonchev–Trinajstić information content (AvgIpc) is 1.87. The standard InChI is InChI=1S/C8H17NS/c1-3-7(4-2)9-8-5-10-6-8/h7-9H,3-6H2,1-2H3. The Morgan fingerprint density at radius 1 is 1.40 bits per heavy atom. The molecule has 0 aromatic carbocycles. The molecule has 60 valence electrons. The van der Waals surface area contributed by atoms with Gasteiger partial charge in [-0.15, -0.1) is 0 Å². The van der Waals surface area contributed by atoms with Gasteiger partial charge in [-0.25, -0.2) is 0 Å². The van der Waals surface area contributed by atoms with Crippen molar-refractivity contribution in [3.05, 3.63) is 0 Å². The molecular formula is C8H17NS. The smallest absolute Gasteiger partial charge is 0.0251 e. The van der Waals surface area contributed by atoms with E-state index >= 15 is 0 Å². The summed E-state index contributed by atoms with van der Waals surface area (Å²) in [5, 5.41) is 3.63. The van der Waals surface area contributed by atoms with Crippen LogP contribution in [0.4, 0.5) is 0 Å². The Bertz CT molecular complexity index is 87.3. The molecule has 1 aliphatic heterocycles. The number of rotatable bonds is 4. The first-order chi connectivity index (χ1) is 4.86. The maximum absolute atomic E-state index is 3.63. The monoisotopic (exact) mass is 159 g/mol. The second-order valence-electron chi connectivity index (χ2n) is 2.91. The molecule has 0 spiro atoms. The lowest BCUT2D eigenvalue weighted by Gasteiger charge is -2.30. The van der Waals surface area contributed by atoms with Crippen LogP contribution in [0.25, 0.3) is 0 Å². The molecule has 1 aliphatic rings. The van der Waals surface area contributed by atoms with E-state index in [1.807, 2.05) is 11.8 Å². The minimum atomic E-state index is 0.769. The van der Waals surface area contributed by atoms with Crippen molar-refractivity contribution in [3.63, 3.8) is 0 Å². The second kappa shape index (κ2) is 4.24. The van der Waals surface area contributed by atoms with Gasteiger partial charge in [0, 0.05) is 23.6 Å². The highest BCUT2D eigenvalue weighted by atomic mass is 32.2.